The van der Waals surface area contributed by atoms with Crippen LogP contribution in [0.15, 0.2) is 18.2 Å². The lowest BCUT2D eigenvalue weighted by atomic mass is 9.82. The minimum atomic E-state index is -5.10. The molecule has 1 atom stereocenters. The molecule has 15 heteroatoms. The summed E-state index contributed by atoms with van der Waals surface area (Å²) >= 11 is 0. The zero-order valence-corrected chi connectivity index (χ0v) is 19.2. The zero-order valence-electron chi connectivity index (χ0n) is 19.2. The Hall–Kier alpha value is -4.61. The summed E-state index contributed by atoms with van der Waals surface area (Å²) in [6.45, 7) is 1.15. The number of carbonyl (C=O) groups is 1. The van der Waals surface area contributed by atoms with Crippen molar-refractivity contribution >= 4 is 22.8 Å². The lowest BCUT2D eigenvalue weighted by Crippen LogP contribution is -2.45. The number of amides is 1. The van der Waals surface area contributed by atoms with E-state index in [1.165, 1.54) is 13.0 Å². The van der Waals surface area contributed by atoms with Crippen LogP contribution in [0, 0.1) is 41.5 Å². The molecule has 1 N–H and O–H groups in total. The van der Waals surface area contributed by atoms with Crippen molar-refractivity contribution in [3.8, 4) is 17.6 Å². The Balaban J connectivity index is 1.75. The molecule has 8 nitrogen and oxygen atoms in total. The minimum absolute atomic E-state index is 0.128. The summed E-state index contributed by atoms with van der Waals surface area (Å²) in [5, 5.41) is 15.6. The zero-order chi connectivity index (χ0) is 27.7. The molecule has 0 saturated carbocycles. The predicted molar refractivity (Wildman–Crippen MR) is 115 cm³/mol. The van der Waals surface area contributed by atoms with Gasteiger partial charge in [-0.05, 0) is 32.0 Å². The van der Waals surface area contributed by atoms with Crippen molar-refractivity contribution in [3.05, 3.63) is 64.0 Å². The maximum Gasteiger partial charge on any atom is 0.407 e. The number of anilines is 1. The van der Waals surface area contributed by atoms with Crippen LogP contribution in [0.5, 0.6) is 0 Å². The quantitative estimate of drug-likeness (QED) is 0.307. The van der Waals surface area contributed by atoms with E-state index in [1.807, 2.05) is 5.32 Å². The number of nitriles is 1. The molecule has 194 valence electrons. The smallest absolute Gasteiger partial charge is 0.309 e. The average molecular weight is 535 g/mol. The largest absolute Gasteiger partial charge is 0.407 e. The number of halogens is 7. The first kappa shape index (κ1) is 25.1. The lowest BCUT2D eigenvalue weighted by Gasteiger charge is -2.25. The standard InChI is InChI=1S/C23H12F7N7O/c1-8-13(26)5-9-17(36-37(20(9)32-8)7-10-11(24)3-4-12(25)16(10)27)19-33-14(6-31)15-18(34-19)35-21(38)22(15,2)23(28,29)30/h3-5H,7H2,1-2H3,(H,33,34,35,38). The van der Waals surface area contributed by atoms with E-state index >= 15 is 0 Å². The molecule has 1 aliphatic heterocycles. The number of nitrogens with zero attached hydrogens (tertiary/aromatic N) is 6. The summed E-state index contributed by atoms with van der Waals surface area (Å²) in [4.78, 5) is 24.1. The predicted octanol–water partition coefficient (Wildman–Crippen LogP) is 4.45. The highest BCUT2D eigenvalue weighted by Gasteiger charge is 2.63. The molecule has 0 spiro atoms. The van der Waals surface area contributed by atoms with Crippen LogP contribution in [0.4, 0.5) is 36.6 Å². The van der Waals surface area contributed by atoms with Gasteiger partial charge in [0.15, 0.2) is 34.2 Å². The van der Waals surface area contributed by atoms with Gasteiger partial charge in [-0.15, -0.1) is 0 Å². The molecule has 1 amide bonds. The number of pyridine rings is 1. The number of aryl methyl sites for hydroxylation is 1. The van der Waals surface area contributed by atoms with Gasteiger partial charge in [0, 0.05) is 5.56 Å². The highest BCUT2D eigenvalue weighted by molar-refractivity contribution is 6.06. The van der Waals surface area contributed by atoms with Crippen LogP contribution in [0.1, 0.15) is 29.4 Å². The van der Waals surface area contributed by atoms with Crippen molar-refractivity contribution in [2.45, 2.75) is 32.0 Å². The van der Waals surface area contributed by atoms with Gasteiger partial charge in [-0.25, -0.2) is 37.2 Å². The van der Waals surface area contributed by atoms with E-state index in [0.29, 0.717) is 19.1 Å². The minimum Gasteiger partial charge on any atom is -0.309 e. The SMILES string of the molecule is Cc1nc2c(cc1F)c(-c1nc(C#N)c3c(n1)NC(=O)C3(C)C(F)(F)F)nn2Cc1c(F)ccc(F)c1F. The molecule has 5 rings (SSSR count). The van der Waals surface area contributed by atoms with Gasteiger partial charge in [0.05, 0.1) is 23.2 Å². The first-order chi connectivity index (χ1) is 17.8. The first-order valence-corrected chi connectivity index (χ1v) is 10.6. The molecule has 0 bridgehead atoms. The first-order valence-electron chi connectivity index (χ1n) is 10.6. The second-order valence-electron chi connectivity index (χ2n) is 8.56. The number of carbonyl (C=O) groups excluding carboxylic acids is 1. The molecule has 4 heterocycles. The van der Waals surface area contributed by atoms with Gasteiger partial charge in [-0.1, -0.05) is 0 Å². The molecule has 38 heavy (non-hydrogen) atoms. The van der Waals surface area contributed by atoms with Crippen molar-refractivity contribution in [1.29, 1.82) is 5.26 Å². The van der Waals surface area contributed by atoms with Gasteiger partial charge in [0.25, 0.3) is 0 Å². The van der Waals surface area contributed by atoms with Crippen LogP contribution in [0.2, 0.25) is 0 Å². The summed E-state index contributed by atoms with van der Waals surface area (Å²) in [5.74, 6) is -7.37. The van der Waals surface area contributed by atoms with Gasteiger partial charge in [0.2, 0.25) is 5.91 Å². The van der Waals surface area contributed by atoms with Crippen LogP contribution in [0.3, 0.4) is 0 Å². The van der Waals surface area contributed by atoms with E-state index in [-0.39, 0.29) is 22.4 Å². The molecule has 4 aromatic rings. The van der Waals surface area contributed by atoms with Crippen LogP contribution < -0.4 is 5.32 Å². The van der Waals surface area contributed by atoms with Gasteiger partial charge >= 0.3 is 6.18 Å². The van der Waals surface area contributed by atoms with Crippen LogP contribution in [0.25, 0.3) is 22.6 Å². The number of nitrogens with one attached hydrogen (secondary N) is 1. The van der Waals surface area contributed by atoms with E-state index in [9.17, 15) is 40.8 Å². The molecule has 0 saturated heterocycles. The molecule has 1 aliphatic rings. The Labute approximate surface area is 207 Å². The molecular weight excluding hydrogens is 523 g/mol. The van der Waals surface area contributed by atoms with E-state index < -0.39 is 75.8 Å². The molecule has 0 fully saturated rings. The molecule has 0 aliphatic carbocycles. The number of hydrogen-bond acceptors (Lipinski definition) is 6. The third-order valence-electron chi connectivity index (χ3n) is 6.28. The summed E-state index contributed by atoms with van der Waals surface area (Å²) < 4.78 is 99.3. The Bertz CT molecular complexity index is 1720. The molecule has 1 unspecified atom stereocenters. The third-order valence-corrected chi connectivity index (χ3v) is 6.28. The highest BCUT2D eigenvalue weighted by atomic mass is 19.4. The summed E-state index contributed by atoms with van der Waals surface area (Å²) in [6, 6.07) is 3.74. The van der Waals surface area contributed by atoms with Crippen LogP contribution >= 0.6 is 0 Å². The third kappa shape index (κ3) is 3.47. The van der Waals surface area contributed by atoms with Crippen molar-refractivity contribution in [3.63, 3.8) is 0 Å². The van der Waals surface area contributed by atoms with Gasteiger partial charge in [-0.3, -0.25) is 4.79 Å². The number of benzene rings is 1. The maximum absolute atomic E-state index is 14.5. The summed E-state index contributed by atoms with van der Waals surface area (Å²) in [5.41, 5.74) is -6.05. The van der Waals surface area contributed by atoms with Crippen molar-refractivity contribution in [2.75, 3.05) is 5.32 Å². The highest BCUT2D eigenvalue weighted by Crippen LogP contribution is 2.49. The number of rotatable bonds is 3. The van der Waals surface area contributed by atoms with Crippen LogP contribution in [-0.2, 0) is 16.8 Å². The Morgan fingerprint density at radius 3 is 2.42 bits per heavy atom. The van der Waals surface area contributed by atoms with Gasteiger partial charge < -0.3 is 5.32 Å². The second-order valence-corrected chi connectivity index (χ2v) is 8.56. The number of alkyl halides is 3. The fourth-order valence-corrected chi connectivity index (χ4v) is 4.13. The van der Waals surface area contributed by atoms with Crippen molar-refractivity contribution < 1.29 is 35.5 Å². The summed E-state index contributed by atoms with van der Waals surface area (Å²) in [7, 11) is 0. The molecule has 1 aromatic carbocycles. The van der Waals surface area contributed by atoms with Crippen molar-refractivity contribution in [2.24, 2.45) is 0 Å². The average Bonchev–Trinajstić information content (AvgIpc) is 3.33. The lowest BCUT2D eigenvalue weighted by molar-refractivity contribution is -0.186. The summed E-state index contributed by atoms with van der Waals surface area (Å²) in [6.07, 6.45) is -5.10. The Morgan fingerprint density at radius 2 is 1.76 bits per heavy atom. The number of fused-ring (bicyclic) bond motifs is 2. The van der Waals surface area contributed by atoms with Crippen LogP contribution in [-0.4, -0.2) is 36.8 Å². The van der Waals surface area contributed by atoms with Gasteiger partial charge in [0.1, 0.15) is 29.2 Å². The normalized spacial score (nSPS) is 17.0. The van der Waals surface area contributed by atoms with Crippen molar-refractivity contribution in [1.82, 2.24) is 24.7 Å². The Morgan fingerprint density at radius 1 is 1.08 bits per heavy atom. The number of hydrogen-bond donors (Lipinski definition) is 1. The van der Waals surface area contributed by atoms with Gasteiger partial charge in [-0.2, -0.15) is 23.5 Å². The monoisotopic (exact) mass is 535 g/mol. The molecular formula is C23H12F7N7O. The van der Waals surface area contributed by atoms with E-state index in [0.717, 1.165) is 10.7 Å². The maximum atomic E-state index is 14.5. The molecule has 0 radical (unpaired) electrons. The fraction of sp³-hybridized carbons (Fsp3) is 0.217. The molecule has 3 aromatic heterocycles. The second kappa shape index (κ2) is 8.20. The number of aromatic nitrogens is 5. The Kier molecular flexibility index (Phi) is 5.41. The fourth-order valence-electron chi connectivity index (χ4n) is 4.13. The van der Waals surface area contributed by atoms with E-state index in [4.69, 9.17) is 0 Å². The van der Waals surface area contributed by atoms with E-state index in [1.54, 1.807) is 0 Å². The van der Waals surface area contributed by atoms with E-state index in [2.05, 4.69) is 20.1 Å². The topological polar surface area (TPSA) is 109 Å².